The molecule has 24 heavy (non-hydrogen) atoms. The minimum atomic E-state index is -0.289. The van der Waals surface area contributed by atoms with Gasteiger partial charge in [0.05, 0.1) is 6.20 Å². The van der Waals surface area contributed by atoms with Gasteiger partial charge in [0.15, 0.2) is 5.01 Å². The quantitative estimate of drug-likeness (QED) is 0.596. The zero-order valence-corrected chi connectivity index (χ0v) is 13.9. The number of hydrogen-bond donors (Lipinski definition) is 3. The molecule has 0 aromatic carbocycles. The number of urea groups is 1. The number of rotatable bonds is 6. The molecule has 2 amide bonds. The summed E-state index contributed by atoms with van der Waals surface area (Å²) in [5.41, 5.74) is 2.97. The molecular formula is C15H17N7OS. The SMILES string of the molecule is Cc1[nH]ncc1CCCNC(=O)Nc1nnc(-c2ccccn2)s1. The summed E-state index contributed by atoms with van der Waals surface area (Å²) in [6.45, 7) is 2.56. The van der Waals surface area contributed by atoms with Crippen LogP contribution in [-0.4, -0.2) is 38.0 Å². The Labute approximate surface area is 142 Å². The van der Waals surface area contributed by atoms with E-state index in [0.29, 0.717) is 16.7 Å². The number of aromatic nitrogens is 5. The lowest BCUT2D eigenvalue weighted by molar-refractivity contribution is 0.252. The van der Waals surface area contributed by atoms with Crippen LogP contribution in [0.3, 0.4) is 0 Å². The summed E-state index contributed by atoms with van der Waals surface area (Å²) in [7, 11) is 0. The van der Waals surface area contributed by atoms with E-state index in [4.69, 9.17) is 0 Å². The summed E-state index contributed by atoms with van der Waals surface area (Å²) in [4.78, 5) is 16.1. The van der Waals surface area contributed by atoms with Gasteiger partial charge >= 0.3 is 6.03 Å². The van der Waals surface area contributed by atoms with Crippen molar-refractivity contribution in [1.29, 1.82) is 0 Å². The zero-order valence-electron chi connectivity index (χ0n) is 13.1. The van der Waals surface area contributed by atoms with Crippen molar-refractivity contribution in [2.75, 3.05) is 11.9 Å². The Morgan fingerprint density at radius 2 is 2.25 bits per heavy atom. The molecule has 8 nitrogen and oxygen atoms in total. The first kappa shape index (κ1) is 16.1. The third-order valence-electron chi connectivity index (χ3n) is 3.37. The molecule has 3 rings (SSSR count). The molecule has 0 unspecified atom stereocenters. The van der Waals surface area contributed by atoms with E-state index in [2.05, 4.69) is 36.0 Å². The van der Waals surface area contributed by atoms with Gasteiger partial charge in [-0.05, 0) is 37.5 Å². The van der Waals surface area contributed by atoms with E-state index in [9.17, 15) is 4.79 Å². The molecule has 0 saturated carbocycles. The summed E-state index contributed by atoms with van der Waals surface area (Å²) >= 11 is 1.28. The molecule has 9 heteroatoms. The average Bonchev–Trinajstić information content (AvgIpc) is 3.22. The molecule has 0 aliphatic heterocycles. The number of hydrogen-bond acceptors (Lipinski definition) is 6. The highest BCUT2D eigenvalue weighted by molar-refractivity contribution is 7.18. The Morgan fingerprint density at radius 1 is 1.33 bits per heavy atom. The highest BCUT2D eigenvalue weighted by Crippen LogP contribution is 2.24. The summed E-state index contributed by atoms with van der Waals surface area (Å²) in [6, 6.07) is 5.28. The van der Waals surface area contributed by atoms with Crippen LogP contribution in [-0.2, 0) is 6.42 Å². The van der Waals surface area contributed by atoms with Gasteiger partial charge in [-0.1, -0.05) is 17.4 Å². The number of nitrogens with zero attached hydrogens (tertiary/aromatic N) is 4. The standard InChI is InChI=1S/C15H17N7OS/c1-10-11(9-18-20-10)5-4-8-17-14(23)19-15-22-21-13(24-15)12-6-2-3-7-16-12/h2-3,6-7,9H,4-5,8H2,1H3,(H,18,20)(H2,17,19,22,23). The fourth-order valence-electron chi connectivity index (χ4n) is 2.12. The van der Waals surface area contributed by atoms with Crippen molar-refractivity contribution in [2.24, 2.45) is 0 Å². The van der Waals surface area contributed by atoms with Gasteiger partial charge in [0.1, 0.15) is 5.69 Å². The van der Waals surface area contributed by atoms with Crippen LogP contribution in [0.4, 0.5) is 9.93 Å². The summed E-state index contributed by atoms with van der Waals surface area (Å²) in [5.74, 6) is 0. The Balaban J connectivity index is 1.44. The highest BCUT2D eigenvalue weighted by atomic mass is 32.1. The van der Waals surface area contributed by atoms with Crippen LogP contribution in [0, 0.1) is 6.92 Å². The molecule has 0 aliphatic carbocycles. The van der Waals surface area contributed by atoms with E-state index < -0.39 is 0 Å². The van der Waals surface area contributed by atoms with Crippen LogP contribution in [0.15, 0.2) is 30.6 Å². The van der Waals surface area contributed by atoms with Crippen LogP contribution in [0.5, 0.6) is 0 Å². The van der Waals surface area contributed by atoms with Gasteiger partial charge in [-0.15, -0.1) is 10.2 Å². The normalized spacial score (nSPS) is 10.5. The minimum Gasteiger partial charge on any atom is -0.338 e. The number of aromatic amines is 1. The summed E-state index contributed by atoms with van der Waals surface area (Å²) < 4.78 is 0. The van der Waals surface area contributed by atoms with E-state index in [-0.39, 0.29) is 6.03 Å². The van der Waals surface area contributed by atoms with Crippen molar-refractivity contribution in [3.63, 3.8) is 0 Å². The summed E-state index contributed by atoms with van der Waals surface area (Å²) in [5, 5.41) is 21.5. The van der Waals surface area contributed by atoms with E-state index in [1.807, 2.05) is 31.3 Å². The lowest BCUT2D eigenvalue weighted by Crippen LogP contribution is -2.29. The Hall–Kier alpha value is -2.81. The number of nitrogens with one attached hydrogen (secondary N) is 3. The van der Waals surface area contributed by atoms with Crippen LogP contribution < -0.4 is 10.6 Å². The van der Waals surface area contributed by atoms with Crippen molar-refractivity contribution in [2.45, 2.75) is 19.8 Å². The molecule has 0 fully saturated rings. The average molecular weight is 343 g/mol. The van der Waals surface area contributed by atoms with Gasteiger partial charge < -0.3 is 5.32 Å². The first-order valence-electron chi connectivity index (χ1n) is 7.51. The third-order valence-corrected chi connectivity index (χ3v) is 4.23. The van der Waals surface area contributed by atoms with Crippen molar-refractivity contribution < 1.29 is 4.79 Å². The molecule has 3 aromatic rings. The second-order valence-corrected chi connectivity index (χ2v) is 6.11. The molecule has 0 aliphatic rings. The number of aryl methyl sites for hydroxylation is 2. The van der Waals surface area contributed by atoms with E-state index in [1.165, 1.54) is 16.9 Å². The molecular weight excluding hydrogens is 326 g/mol. The van der Waals surface area contributed by atoms with Crippen molar-refractivity contribution in [3.8, 4) is 10.7 Å². The maximum atomic E-state index is 11.9. The number of carbonyl (C=O) groups excluding carboxylic acids is 1. The van der Waals surface area contributed by atoms with Crippen molar-refractivity contribution in [1.82, 2.24) is 30.7 Å². The van der Waals surface area contributed by atoms with E-state index in [1.54, 1.807) is 6.20 Å². The Bertz CT molecular complexity index is 799. The van der Waals surface area contributed by atoms with Gasteiger partial charge in [-0.3, -0.25) is 15.4 Å². The molecule has 0 bridgehead atoms. The van der Waals surface area contributed by atoms with Crippen molar-refractivity contribution >= 4 is 22.5 Å². The minimum absolute atomic E-state index is 0.289. The molecule has 0 atom stereocenters. The Kier molecular flexibility index (Phi) is 5.12. The van der Waals surface area contributed by atoms with Crippen molar-refractivity contribution in [3.05, 3.63) is 41.9 Å². The predicted octanol–water partition coefficient (Wildman–Crippen LogP) is 2.39. The maximum Gasteiger partial charge on any atom is 0.321 e. The molecule has 3 N–H and O–H groups in total. The maximum absolute atomic E-state index is 11.9. The molecule has 3 aromatic heterocycles. The van der Waals surface area contributed by atoms with Crippen LogP contribution in [0.25, 0.3) is 10.7 Å². The second-order valence-electron chi connectivity index (χ2n) is 5.13. The topological polar surface area (TPSA) is 108 Å². The van der Waals surface area contributed by atoms with Gasteiger partial charge in [-0.2, -0.15) is 5.10 Å². The first-order chi connectivity index (χ1) is 11.7. The lowest BCUT2D eigenvalue weighted by Gasteiger charge is -2.04. The second kappa shape index (κ2) is 7.64. The third kappa shape index (κ3) is 4.13. The van der Waals surface area contributed by atoms with Gasteiger partial charge in [0, 0.05) is 18.4 Å². The smallest absolute Gasteiger partial charge is 0.321 e. The number of anilines is 1. The van der Waals surface area contributed by atoms with Crippen LogP contribution >= 0.6 is 11.3 Å². The molecule has 0 spiro atoms. The number of pyridine rings is 1. The van der Waals surface area contributed by atoms with E-state index >= 15 is 0 Å². The lowest BCUT2D eigenvalue weighted by atomic mass is 10.1. The van der Waals surface area contributed by atoms with Crippen LogP contribution in [0.2, 0.25) is 0 Å². The van der Waals surface area contributed by atoms with Gasteiger partial charge in [0.25, 0.3) is 0 Å². The number of H-pyrrole nitrogens is 1. The zero-order chi connectivity index (χ0) is 16.8. The number of carbonyl (C=O) groups is 1. The first-order valence-corrected chi connectivity index (χ1v) is 8.32. The summed E-state index contributed by atoms with van der Waals surface area (Å²) in [6.07, 6.45) is 5.21. The molecule has 124 valence electrons. The van der Waals surface area contributed by atoms with E-state index in [0.717, 1.165) is 24.2 Å². The fourth-order valence-corrected chi connectivity index (χ4v) is 2.83. The van der Waals surface area contributed by atoms with Crippen LogP contribution in [0.1, 0.15) is 17.7 Å². The predicted molar refractivity (Wildman–Crippen MR) is 91.8 cm³/mol. The molecule has 3 heterocycles. The number of amides is 2. The Morgan fingerprint density at radius 3 is 3.00 bits per heavy atom. The molecule has 0 radical (unpaired) electrons. The largest absolute Gasteiger partial charge is 0.338 e. The van der Waals surface area contributed by atoms with Gasteiger partial charge in [0.2, 0.25) is 5.13 Å². The molecule has 0 saturated heterocycles. The monoisotopic (exact) mass is 343 g/mol. The fraction of sp³-hybridized carbons (Fsp3) is 0.267. The van der Waals surface area contributed by atoms with Gasteiger partial charge in [-0.25, -0.2) is 4.79 Å². The highest BCUT2D eigenvalue weighted by Gasteiger charge is 2.10.